The van der Waals surface area contributed by atoms with Gasteiger partial charge in [0.1, 0.15) is 24.6 Å². The van der Waals surface area contributed by atoms with Crippen LogP contribution in [-0.4, -0.2) is 62.2 Å². The fraction of sp³-hybridized carbons (Fsp3) is 0.263. The summed E-state index contributed by atoms with van der Waals surface area (Å²) in [4.78, 5) is 39.7. The standard InChI is InChI=1S/C38H33ClF4N4O9/c1-2-51-34-33(52-20-22-6-12-26(40)13-7-22)32(56-37(50)45-27-14-8-24(9-15-27)38(41,42)43)31(55-36(49)46-28-16-10-25(39)11-17-28)30(54-34)21-53-35(48)47-29-5-3-4-23(18-29)19-44/h3-18,30-34H,2,20-21H2,1H3,(H,45,50)(H,46,49)(H,47,48)/t30-,31-,32+,33-,34-/m1/s1. The summed E-state index contributed by atoms with van der Waals surface area (Å²) in [5.74, 6) is -0.507. The van der Waals surface area contributed by atoms with E-state index < -0.39 is 73.1 Å². The molecule has 3 N–H and O–H groups in total. The van der Waals surface area contributed by atoms with Crippen molar-refractivity contribution in [2.75, 3.05) is 29.2 Å². The van der Waals surface area contributed by atoms with Crippen LogP contribution in [0.1, 0.15) is 23.6 Å². The number of rotatable bonds is 12. The number of amides is 3. The Morgan fingerprint density at radius 1 is 0.786 bits per heavy atom. The minimum absolute atomic E-state index is 0.0252. The number of alkyl halides is 3. The average Bonchev–Trinajstić information content (AvgIpc) is 3.16. The van der Waals surface area contributed by atoms with Crippen LogP contribution >= 0.6 is 11.6 Å². The number of ether oxygens (including phenoxy) is 6. The van der Waals surface area contributed by atoms with Gasteiger partial charge in [-0.3, -0.25) is 16.0 Å². The number of halogens is 5. The van der Waals surface area contributed by atoms with Crippen molar-refractivity contribution >= 4 is 46.9 Å². The van der Waals surface area contributed by atoms with Crippen molar-refractivity contribution in [2.45, 2.75) is 50.4 Å². The SMILES string of the molecule is CCO[C@@H]1O[C@H](COC(=O)Nc2cccc(C#N)c2)[C@@H](OC(=O)Nc2ccc(Cl)cc2)[C@H](OC(=O)Nc2ccc(C(F)(F)F)cc2)[C@H]1OCc1ccc(F)cc1. The molecule has 3 amide bonds. The van der Waals surface area contributed by atoms with Crippen molar-refractivity contribution in [1.82, 2.24) is 0 Å². The van der Waals surface area contributed by atoms with Crippen molar-refractivity contribution in [3.63, 3.8) is 0 Å². The average molecular weight is 801 g/mol. The summed E-state index contributed by atoms with van der Waals surface area (Å²) >= 11 is 5.97. The molecule has 1 saturated heterocycles. The predicted octanol–water partition coefficient (Wildman–Crippen LogP) is 8.50. The zero-order valence-electron chi connectivity index (χ0n) is 29.3. The lowest BCUT2D eigenvalue weighted by Crippen LogP contribution is -2.63. The Morgan fingerprint density at radius 2 is 1.39 bits per heavy atom. The fourth-order valence-electron chi connectivity index (χ4n) is 5.33. The number of nitrogens with one attached hydrogen (secondary N) is 3. The molecule has 0 saturated carbocycles. The van der Waals surface area contributed by atoms with Gasteiger partial charge in [-0.05, 0) is 91.3 Å². The van der Waals surface area contributed by atoms with Crippen molar-refractivity contribution in [2.24, 2.45) is 0 Å². The Morgan fingerprint density at radius 3 is 2.00 bits per heavy atom. The molecular formula is C38H33ClF4N4O9. The normalized spacial score (nSPS) is 19.2. The number of nitrogens with zero attached hydrogens (tertiary/aromatic N) is 1. The Labute approximate surface area is 322 Å². The second-order valence-corrected chi connectivity index (χ2v) is 12.3. The highest BCUT2D eigenvalue weighted by atomic mass is 35.5. The van der Waals surface area contributed by atoms with Crippen molar-refractivity contribution in [1.29, 1.82) is 5.26 Å². The van der Waals surface area contributed by atoms with Crippen molar-refractivity contribution in [3.8, 4) is 6.07 Å². The highest BCUT2D eigenvalue weighted by Gasteiger charge is 2.52. The molecule has 18 heteroatoms. The van der Waals surface area contributed by atoms with E-state index in [1.165, 1.54) is 72.8 Å². The monoisotopic (exact) mass is 800 g/mol. The largest absolute Gasteiger partial charge is 0.446 e. The Hall–Kier alpha value is -5.93. The third kappa shape index (κ3) is 11.8. The molecule has 4 aromatic rings. The molecule has 5 atom stereocenters. The maximum Gasteiger partial charge on any atom is 0.416 e. The first-order valence-corrected chi connectivity index (χ1v) is 17.1. The molecule has 4 aromatic carbocycles. The number of carbonyl (C=O) groups is 3. The molecule has 0 unspecified atom stereocenters. The van der Waals surface area contributed by atoms with E-state index in [1.807, 2.05) is 6.07 Å². The summed E-state index contributed by atoms with van der Waals surface area (Å²) < 4.78 is 88.3. The minimum Gasteiger partial charge on any atom is -0.446 e. The molecular weight excluding hydrogens is 768 g/mol. The van der Waals surface area contributed by atoms with Crippen molar-refractivity contribution < 1.29 is 60.4 Å². The molecule has 0 radical (unpaired) electrons. The first-order valence-electron chi connectivity index (χ1n) is 16.8. The molecule has 294 valence electrons. The lowest BCUT2D eigenvalue weighted by Gasteiger charge is -2.44. The summed E-state index contributed by atoms with van der Waals surface area (Å²) in [6, 6.07) is 22.7. The molecule has 1 aliphatic rings. The molecule has 56 heavy (non-hydrogen) atoms. The number of hydrogen-bond donors (Lipinski definition) is 3. The van der Waals surface area contributed by atoms with Crippen LogP contribution in [-0.2, 0) is 41.2 Å². The van der Waals surface area contributed by atoms with Crippen LogP contribution in [0.4, 0.5) is 49.0 Å². The fourth-order valence-corrected chi connectivity index (χ4v) is 5.46. The Kier molecular flexibility index (Phi) is 14.1. The smallest absolute Gasteiger partial charge is 0.416 e. The highest BCUT2D eigenvalue weighted by Crippen LogP contribution is 2.32. The second-order valence-electron chi connectivity index (χ2n) is 11.9. The third-order valence-corrected chi connectivity index (χ3v) is 8.18. The first kappa shape index (κ1) is 41.2. The van der Waals surface area contributed by atoms with E-state index in [-0.39, 0.29) is 35.8 Å². The van der Waals surface area contributed by atoms with Gasteiger partial charge in [-0.2, -0.15) is 18.4 Å². The maximum atomic E-state index is 13.7. The van der Waals surface area contributed by atoms with Gasteiger partial charge >= 0.3 is 24.5 Å². The Balaban J connectivity index is 1.45. The number of nitriles is 1. The van der Waals surface area contributed by atoms with Gasteiger partial charge in [-0.25, -0.2) is 18.8 Å². The van der Waals surface area contributed by atoms with Crippen LogP contribution < -0.4 is 16.0 Å². The van der Waals surface area contributed by atoms with Gasteiger partial charge in [-0.15, -0.1) is 0 Å². The number of anilines is 3. The van der Waals surface area contributed by atoms with Gasteiger partial charge < -0.3 is 28.4 Å². The summed E-state index contributed by atoms with van der Waals surface area (Å²) in [5.41, 5.74) is 0.206. The molecule has 0 bridgehead atoms. The predicted molar refractivity (Wildman–Crippen MR) is 192 cm³/mol. The summed E-state index contributed by atoms with van der Waals surface area (Å²) in [6.45, 7) is 0.812. The molecule has 0 spiro atoms. The molecule has 0 aliphatic carbocycles. The van der Waals surface area contributed by atoms with E-state index in [4.69, 9.17) is 40.0 Å². The van der Waals surface area contributed by atoms with Crippen LogP contribution in [0.2, 0.25) is 5.02 Å². The summed E-state index contributed by atoms with van der Waals surface area (Å²) in [5, 5.41) is 16.9. The molecule has 1 aliphatic heterocycles. The lowest BCUT2D eigenvalue weighted by molar-refractivity contribution is -0.308. The number of hydrogen-bond acceptors (Lipinski definition) is 10. The highest BCUT2D eigenvalue weighted by molar-refractivity contribution is 6.30. The molecule has 5 rings (SSSR count). The third-order valence-electron chi connectivity index (χ3n) is 7.93. The van der Waals surface area contributed by atoms with E-state index in [1.54, 1.807) is 6.92 Å². The quantitative estimate of drug-likeness (QED) is 0.0934. The van der Waals surface area contributed by atoms with Crippen LogP contribution in [0.15, 0.2) is 97.1 Å². The second kappa shape index (κ2) is 19.1. The molecule has 0 aromatic heterocycles. The summed E-state index contributed by atoms with van der Waals surface area (Å²) in [6.07, 6.45) is -15.3. The zero-order chi connectivity index (χ0) is 40.2. The van der Waals surface area contributed by atoms with E-state index in [0.29, 0.717) is 10.6 Å². The Bertz CT molecular complexity index is 2000. The van der Waals surface area contributed by atoms with E-state index in [0.717, 1.165) is 24.3 Å². The molecule has 13 nitrogen and oxygen atoms in total. The topological polar surface area (TPSA) is 166 Å². The van der Waals surface area contributed by atoms with Gasteiger partial charge in [0.2, 0.25) is 0 Å². The minimum atomic E-state index is -4.63. The van der Waals surface area contributed by atoms with Gasteiger partial charge in [0.25, 0.3) is 0 Å². The molecule has 1 heterocycles. The van der Waals surface area contributed by atoms with E-state index >= 15 is 0 Å². The van der Waals surface area contributed by atoms with Crippen LogP contribution in [0.5, 0.6) is 0 Å². The van der Waals surface area contributed by atoms with Gasteiger partial charge in [0.15, 0.2) is 18.5 Å². The molecule has 1 fully saturated rings. The van der Waals surface area contributed by atoms with E-state index in [2.05, 4.69) is 16.0 Å². The van der Waals surface area contributed by atoms with Crippen LogP contribution in [0, 0.1) is 17.1 Å². The first-order chi connectivity index (χ1) is 26.8. The van der Waals surface area contributed by atoms with Crippen LogP contribution in [0.25, 0.3) is 0 Å². The van der Waals surface area contributed by atoms with E-state index in [9.17, 15) is 37.2 Å². The van der Waals surface area contributed by atoms with Gasteiger partial charge in [0.05, 0.1) is 23.8 Å². The number of carbonyl (C=O) groups excluding carboxylic acids is 3. The van der Waals surface area contributed by atoms with Gasteiger partial charge in [-0.1, -0.05) is 29.8 Å². The number of benzene rings is 4. The maximum absolute atomic E-state index is 13.7. The van der Waals surface area contributed by atoms with Gasteiger partial charge in [0, 0.05) is 28.7 Å². The van der Waals surface area contributed by atoms with Crippen molar-refractivity contribution in [3.05, 3.63) is 125 Å². The zero-order valence-corrected chi connectivity index (χ0v) is 30.0. The van der Waals surface area contributed by atoms with Crippen LogP contribution in [0.3, 0.4) is 0 Å². The summed E-state index contributed by atoms with van der Waals surface area (Å²) in [7, 11) is 0. The lowest BCUT2D eigenvalue weighted by atomic mass is 9.98.